The molecule has 4 nitrogen and oxygen atoms in total. The normalized spacial score (nSPS) is 13.5. The molecule has 0 unspecified atom stereocenters. The van der Waals surface area contributed by atoms with Crippen molar-refractivity contribution in [2.45, 2.75) is 50.7 Å². The van der Waals surface area contributed by atoms with E-state index in [0.717, 1.165) is 45.4 Å². The van der Waals surface area contributed by atoms with Crippen molar-refractivity contribution in [1.29, 1.82) is 0 Å². The second kappa shape index (κ2) is 7.58. The van der Waals surface area contributed by atoms with Crippen LogP contribution in [-0.4, -0.2) is 21.2 Å². The molecule has 0 spiro atoms. The Bertz CT molecular complexity index is 1200. The Morgan fingerprint density at radius 2 is 1.86 bits per heavy atom. The zero-order valence-corrected chi connectivity index (χ0v) is 18.6. The van der Waals surface area contributed by atoms with Gasteiger partial charge in [-0.1, -0.05) is 55.9 Å². The van der Waals surface area contributed by atoms with Crippen LogP contribution in [0.1, 0.15) is 48.6 Å². The first-order valence-electron chi connectivity index (χ1n) is 10.1. The van der Waals surface area contributed by atoms with Crippen molar-refractivity contribution in [3.63, 3.8) is 0 Å². The van der Waals surface area contributed by atoms with Crippen molar-refractivity contribution >= 4 is 49.3 Å². The van der Waals surface area contributed by atoms with Gasteiger partial charge < -0.3 is 5.32 Å². The number of hydrogen-bond donors (Lipinski definition) is 1. The smallest absolute Gasteiger partial charge is 0.189 e. The minimum absolute atomic E-state index is 0.444. The van der Waals surface area contributed by atoms with Crippen LogP contribution in [0.4, 0.5) is 5.82 Å². The quantitative estimate of drug-likeness (QED) is 0.308. The Balaban J connectivity index is 1.70. The second-order valence-corrected chi connectivity index (χ2v) is 9.59. The molecule has 3 aromatic heterocycles. The number of rotatable bonds is 5. The fourth-order valence-corrected chi connectivity index (χ4v) is 5.73. The number of nitrogens with zero attached hydrogens (tertiary/aromatic N) is 3. The van der Waals surface area contributed by atoms with Crippen molar-refractivity contribution < 1.29 is 0 Å². The van der Waals surface area contributed by atoms with E-state index in [1.54, 1.807) is 23.1 Å². The first kappa shape index (κ1) is 18.8. The molecule has 0 bridgehead atoms. The van der Waals surface area contributed by atoms with E-state index in [1.165, 1.54) is 34.2 Å². The maximum atomic E-state index is 5.11. The van der Waals surface area contributed by atoms with E-state index >= 15 is 0 Å². The first-order chi connectivity index (χ1) is 14.2. The zero-order valence-electron chi connectivity index (χ0n) is 17.0. The van der Waals surface area contributed by atoms with Gasteiger partial charge in [0.05, 0.1) is 10.2 Å². The number of thioether (sulfide) groups is 1. The summed E-state index contributed by atoms with van der Waals surface area (Å²) < 4.78 is 1.12. The number of anilines is 1. The van der Waals surface area contributed by atoms with Gasteiger partial charge in [0.2, 0.25) is 0 Å². The zero-order chi connectivity index (χ0) is 20.0. The average molecular weight is 421 g/mol. The summed E-state index contributed by atoms with van der Waals surface area (Å²) in [4.78, 5) is 16.0. The molecule has 0 aliphatic heterocycles. The Hall–Kier alpha value is -2.18. The molecule has 0 fully saturated rings. The Morgan fingerprint density at radius 1 is 1.07 bits per heavy atom. The topological polar surface area (TPSA) is 50.7 Å². The number of nitrogens with one attached hydrogen (secondary N) is 1. The molecule has 0 saturated carbocycles. The number of pyridine rings is 1. The first-order valence-corrected chi connectivity index (χ1v) is 12.2. The molecular formula is C23H24N4S2. The average Bonchev–Trinajstić information content (AvgIpc) is 3.36. The van der Waals surface area contributed by atoms with Crippen LogP contribution in [0.2, 0.25) is 0 Å². The van der Waals surface area contributed by atoms with Crippen molar-refractivity contribution in [3.8, 4) is 0 Å². The van der Waals surface area contributed by atoms with Crippen LogP contribution in [0, 0.1) is 0 Å². The van der Waals surface area contributed by atoms with Crippen molar-refractivity contribution in [1.82, 2.24) is 15.0 Å². The number of benzene rings is 1. The lowest BCUT2D eigenvalue weighted by Gasteiger charge is -2.12. The molecule has 1 aliphatic carbocycles. The summed E-state index contributed by atoms with van der Waals surface area (Å²) >= 11 is 3.33. The highest BCUT2D eigenvalue weighted by Crippen LogP contribution is 2.43. The van der Waals surface area contributed by atoms with Gasteiger partial charge in [-0.2, -0.15) is 0 Å². The van der Waals surface area contributed by atoms with Crippen LogP contribution >= 0.6 is 23.1 Å². The summed E-state index contributed by atoms with van der Waals surface area (Å²) in [5.74, 6) is 1.36. The van der Waals surface area contributed by atoms with E-state index in [9.17, 15) is 0 Å². The van der Waals surface area contributed by atoms with Gasteiger partial charge >= 0.3 is 0 Å². The molecule has 0 amide bonds. The summed E-state index contributed by atoms with van der Waals surface area (Å²) in [6.07, 6.45) is 5.52. The maximum Gasteiger partial charge on any atom is 0.189 e. The Kier molecular flexibility index (Phi) is 4.92. The van der Waals surface area contributed by atoms with Crippen LogP contribution in [0.15, 0.2) is 35.5 Å². The van der Waals surface area contributed by atoms with Gasteiger partial charge in [-0.3, -0.25) is 0 Å². The number of hydrogen-bond acceptors (Lipinski definition) is 6. The fourth-order valence-electron chi connectivity index (χ4n) is 4.25. The van der Waals surface area contributed by atoms with E-state index in [2.05, 4.69) is 43.4 Å². The summed E-state index contributed by atoms with van der Waals surface area (Å²) in [7, 11) is 0. The monoisotopic (exact) mass is 420 g/mol. The largest absolute Gasteiger partial charge is 0.365 e. The van der Waals surface area contributed by atoms with Crippen molar-refractivity contribution in [2.75, 3.05) is 11.6 Å². The third-order valence-electron chi connectivity index (χ3n) is 5.58. The highest BCUT2D eigenvalue weighted by molar-refractivity contribution is 7.98. The molecule has 5 rings (SSSR count). The van der Waals surface area contributed by atoms with E-state index in [4.69, 9.17) is 15.0 Å². The molecule has 6 heteroatoms. The molecule has 1 N–H and O–H groups in total. The van der Waals surface area contributed by atoms with Crippen LogP contribution in [0.25, 0.3) is 20.4 Å². The van der Waals surface area contributed by atoms with Crippen LogP contribution < -0.4 is 5.32 Å². The van der Waals surface area contributed by atoms with Crippen molar-refractivity contribution in [3.05, 3.63) is 52.7 Å². The standard InChI is InChI=1S/C23H24N4S2/c1-13(2)18-16-11-7-10-15(16)17-19-20(29-22(17)25-18)21(27-23(26-19)28-3)24-12-14-8-5-4-6-9-14/h4-6,8-9,13H,7,10-12H2,1-3H3,(H,24,26,27). The maximum absolute atomic E-state index is 5.11. The predicted octanol–water partition coefficient (Wildman–Crippen LogP) is 6.19. The molecule has 0 radical (unpaired) electrons. The van der Waals surface area contributed by atoms with Crippen LogP contribution in [0.5, 0.6) is 0 Å². The number of aromatic nitrogens is 3. The van der Waals surface area contributed by atoms with E-state index in [-0.39, 0.29) is 0 Å². The van der Waals surface area contributed by atoms with Gasteiger partial charge in [0.1, 0.15) is 10.6 Å². The summed E-state index contributed by atoms with van der Waals surface area (Å²) in [6.45, 7) is 5.24. The highest BCUT2D eigenvalue weighted by atomic mass is 32.2. The van der Waals surface area contributed by atoms with E-state index in [1.807, 2.05) is 12.3 Å². The third kappa shape index (κ3) is 3.28. The molecule has 148 valence electrons. The molecule has 0 atom stereocenters. The van der Waals surface area contributed by atoms with Gasteiger partial charge in [0, 0.05) is 17.6 Å². The summed E-state index contributed by atoms with van der Waals surface area (Å²) in [6, 6.07) is 10.5. The minimum Gasteiger partial charge on any atom is -0.365 e. The Morgan fingerprint density at radius 3 is 2.62 bits per heavy atom. The summed E-state index contributed by atoms with van der Waals surface area (Å²) in [5, 5.41) is 5.64. The number of aryl methyl sites for hydroxylation is 1. The van der Waals surface area contributed by atoms with Crippen LogP contribution in [0.3, 0.4) is 0 Å². The number of thiophene rings is 1. The molecule has 29 heavy (non-hydrogen) atoms. The van der Waals surface area contributed by atoms with Gasteiger partial charge in [0.25, 0.3) is 0 Å². The SMILES string of the molecule is CSc1nc(NCc2ccccc2)c2sc3nc(C(C)C)c4c(c3c2n1)CCC4. The van der Waals surface area contributed by atoms with Crippen molar-refractivity contribution in [2.24, 2.45) is 0 Å². The lowest BCUT2D eigenvalue weighted by molar-refractivity contribution is 0.805. The lowest BCUT2D eigenvalue weighted by Crippen LogP contribution is -2.03. The van der Waals surface area contributed by atoms with Gasteiger partial charge in [-0.25, -0.2) is 15.0 Å². The predicted molar refractivity (Wildman–Crippen MR) is 124 cm³/mol. The molecule has 4 aromatic rings. The third-order valence-corrected chi connectivity index (χ3v) is 7.20. The molecular weight excluding hydrogens is 396 g/mol. The highest BCUT2D eigenvalue weighted by Gasteiger charge is 2.25. The molecule has 1 aromatic carbocycles. The number of fused-ring (bicyclic) bond motifs is 5. The van der Waals surface area contributed by atoms with Gasteiger partial charge in [-0.15, -0.1) is 11.3 Å². The molecule has 0 saturated heterocycles. The minimum atomic E-state index is 0.444. The lowest BCUT2D eigenvalue weighted by atomic mass is 9.99. The van der Waals surface area contributed by atoms with E-state index < -0.39 is 0 Å². The molecule has 1 aliphatic rings. The van der Waals surface area contributed by atoms with Gasteiger partial charge in [-0.05, 0) is 48.1 Å². The second-order valence-electron chi connectivity index (χ2n) is 7.82. The fraction of sp³-hybridized carbons (Fsp3) is 0.348. The van der Waals surface area contributed by atoms with Crippen LogP contribution in [-0.2, 0) is 19.4 Å². The Labute approximate surface area is 179 Å². The molecule has 3 heterocycles. The van der Waals surface area contributed by atoms with Gasteiger partial charge in [0.15, 0.2) is 5.16 Å². The van der Waals surface area contributed by atoms with E-state index in [0.29, 0.717) is 5.92 Å². The summed E-state index contributed by atoms with van der Waals surface area (Å²) in [5.41, 5.74) is 6.53.